The van der Waals surface area contributed by atoms with Gasteiger partial charge in [-0.1, -0.05) is 51.7 Å². The number of carbonyl (C=O) groups is 1. The van der Waals surface area contributed by atoms with Crippen LogP contribution in [0.4, 0.5) is 11.4 Å². The van der Waals surface area contributed by atoms with Crippen molar-refractivity contribution in [2.75, 3.05) is 5.32 Å². The summed E-state index contributed by atoms with van der Waals surface area (Å²) in [6, 6.07) is 14.6. The first kappa shape index (κ1) is 21.3. The number of carbonyl (C=O) groups excluding carboxylic acids is 1. The first-order valence-corrected chi connectivity index (χ1v) is 11.1. The van der Waals surface area contributed by atoms with Crippen LogP contribution in [0.25, 0.3) is 0 Å². The third kappa shape index (κ3) is 5.04. The van der Waals surface area contributed by atoms with Gasteiger partial charge < -0.3 is 16.1 Å². The maximum Gasteiger partial charge on any atom is 0.268 e. The minimum atomic E-state index is -0.412. The van der Waals surface area contributed by atoms with Crippen LogP contribution in [0.5, 0.6) is 0 Å². The summed E-state index contributed by atoms with van der Waals surface area (Å²) in [6.07, 6.45) is 0.0961. The summed E-state index contributed by atoms with van der Waals surface area (Å²) >= 11 is 14.0. The van der Waals surface area contributed by atoms with Gasteiger partial charge in [-0.25, -0.2) is 4.99 Å². The quantitative estimate of drug-likeness (QED) is 0.272. The third-order valence-electron chi connectivity index (χ3n) is 4.76. The van der Waals surface area contributed by atoms with E-state index in [9.17, 15) is 4.79 Å². The molecular weight excluding hydrogens is 455 g/mol. The van der Waals surface area contributed by atoms with E-state index in [1.165, 1.54) is 0 Å². The number of para-hydroxylation sites is 1. The maximum atomic E-state index is 12.4. The second kappa shape index (κ2) is 9.47. The molecular formula is C21H18Cl2N6OS. The summed E-state index contributed by atoms with van der Waals surface area (Å²) in [5, 5.41) is 15.1. The van der Waals surface area contributed by atoms with Crippen molar-refractivity contribution >= 4 is 57.8 Å². The van der Waals surface area contributed by atoms with Crippen LogP contribution in [0.1, 0.15) is 23.6 Å². The van der Waals surface area contributed by atoms with Gasteiger partial charge in [0.1, 0.15) is 0 Å². The Kier molecular flexibility index (Phi) is 6.50. The molecule has 2 aromatic carbocycles. The van der Waals surface area contributed by atoms with Crippen LogP contribution >= 0.6 is 34.5 Å². The van der Waals surface area contributed by atoms with Crippen molar-refractivity contribution in [3.63, 3.8) is 0 Å². The maximum absolute atomic E-state index is 12.4. The summed E-state index contributed by atoms with van der Waals surface area (Å²) in [5.74, 6) is 5.26. The molecule has 3 N–H and O–H groups in total. The van der Waals surface area contributed by atoms with Crippen LogP contribution in [0.15, 0.2) is 74.6 Å². The normalized spacial score (nSPS) is 15.6. The molecule has 3 aromatic rings. The molecule has 1 aromatic heterocycles. The molecule has 0 saturated carbocycles. The van der Waals surface area contributed by atoms with Crippen molar-refractivity contribution in [2.45, 2.75) is 19.0 Å². The Labute approximate surface area is 193 Å². The molecule has 2 heterocycles. The number of benzene rings is 2. The molecule has 1 aliphatic rings. The fourth-order valence-electron chi connectivity index (χ4n) is 3.47. The number of anilines is 1. The van der Waals surface area contributed by atoms with Crippen molar-refractivity contribution in [3.05, 3.63) is 80.5 Å². The number of guanidine groups is 1. The van der Waals surface area contributed by atoms with Crippen LogP contribution < -0.4 is 11.2 Å². The van der Waals surface area contributed by atoms with Crippen molar-refractivity contribution in [2.24, 2.45) is 21.2 Å². The number of rotatable bonds is 5. The average molecular weight is 473 g/mol. The first-order chi connectivity index (χ1) is 15.0. The Hall–Kier alpha value is -2.94. The van der Waals surface area contributed by atoms with E-state index in [1.54, 1.807) is 29.5 Å². The number of fused-ring (bicyclic) bond motifs is 1. The lowest BCUT2D eigenvalue weighted by Gasteiger charge is -2.37. The second-order valence-corrected chi connectivity index (χ2v) is 8.52. The van der Waals surface area contributed by atoms with Gasteiger partial charge >= 0.3 is 0 Å². The van der Waals surface area contributed by atoms with E-state index in [2.05, 4.69) is 21.0 Å². The topological polar surface area (TPSA) is 95.4 Å². The monoisotopic (exact) mass is 472 g/mol. The van der Waals surface area contributed by atoms with E-state index >= 15 is 0 Å². The molecule has 7 nitrogen and oxygen atoms in total. The predicted octanol–water partition coefficient (Wildman–Crippen LogP) is 5.95. The molecule has 31 heavy (non-hydrogen) atoms. The smallest absolute Gasteiger partial charge is 0.268 e. The van der Waals surface area contributed by atoms with E-state index in [0.717, 1.165) is 16.8 Å². The first-order valence-electron chi connectivity index (χ1n) is 9.35. The second-order valence-electron chi connectivity index (χ2n) is 6.87. The highest BCUT2D eigenvalue weighted by molar-refractivity contribution is 7.07. The Morgan fingerprint density at radius 3 is 2.68 bits per heavy atom. The zero-order chi connectivity index (χ0) is 21.8. The molecule has 1 unspecified atom stereocenters. The largest absolute Gasteiger partial charge is 0.330 e. The minimum absolute atomic E-state index is 0.0961. The van der Waals surface area contributed by atoms with Gasteiger partial charge in [0, 0.05) is 27.8 Å². The fraction of sp³-hybridized carbons (Fsp3) is 0.143. The Morgan fingerprint density at radius 2 is 1.97 bits per heavy atom. The van der Waals surface area contributed by atoms with E-state index in [-0.39, 0.29) is 12.5 Å². The molecule has 0 bridgehead atoms. The average Bonchev–Trinajstić information content (AvgIpc) is 3.23. The van der Waals surface area contributed by atoms with Gasteiger partial charge in [-0.2, -0.15) is 11.3 Å². The van der Waals surface area contributed by atoms with E-state index in [0.29, 0.717) is 28.2 Å². The fourth-order valence-corrected chi connectivity index (χ4v) is 4.66. The lowest BCUT2D eigenvalue weighted by Crippen LogP contribution is -2.41. The highest BCUT2D eigenvalue weighted by atomic mass is 35.5. The van der Waals surface area contributed by atoms with Crippen LogP contribution in [-0.4, -0.2) is 16.8 Å². The number of halogens is 2. The van der Waals surface area contributed by atoms with Crippen molar-refractivity contribution in [1.29, 1.82) is 0 Å². The Balaban J connectivity index is 1.77. The summed E-state index contributed by atoms with van der Waals surface area (Å²) in [7, 11) is 0. The van der Waals surface area contributed by atoms with Gasteiger partial charge in [-0.15, -0.1) is 0 Å². The number of thiophene rings is 1. The molecule has 0 spiro atoms. The van der Waals surface area contributed by atoms with E-state index < -0.39 is 5.91 Å². The number of nitrogens with one attached hydrogen (secondary N) is 1. The highest BCUT2D eigenvalue weighted by Crippen LogP contribution is 2.38. The Morgan fingerprint density at radius 1 is 1.19 bits per heavy atom. The molecule has 10 heteroatoms. The molecule has 0 aliphatic carbocycles. The summed E-state index contributed by atoms with van der Waals surface area (Å²) in [6.45, 7) is 0.537. The number of hydrogen-bond donors (Lipinski definition) is 2. The van der Waals surface area contributed by atoms with Crippen molar-refractivity contribution < 1.29 is 4.79 Å². The zero-order valence-corrected chi connectivity index (χ0v) is 18.5. The third-order valence-corrected chi connectivity index (χ3v) is 5.93. The van der Waals surface area contributed by atoms with Crippen LogP contribution in [0.3, 0.4) is 0 Å². The minimum Gasteiger partial charge on any atom is -0.330 e. The van der Waals surface area contributed by atoms with Crippen LogP contribution in [0, 0.1) is 0 Å². The molecule has 1 amide bonds. The van der Waals surface area contributed by atoms with Gasteiger partial charge in [0.25, 0.3) is 5.91 Å². The lowest BCUT2D eigenvalue weighted by molar-refractivity contribution is -0.119. The number of nitrogens with two attached hydrogens (primary N) is 1. The van der Waals surface area contributed by atoms with Gasteiger partial charge in [0.05, 0.1) is 18.2 Å². The molecule has 1 atom stereocenters. The van der Waals surface area contributed by atoms with Crippen LogP contribution in [0.2, 0.25) is 10.0 Å². The zero-order valence-electron chi connectivity index (χ0n) is 16.2. The van der Waals surface area contributed by atoms with Gasteiger partial charge in [-0.3, -0.25) is 4.79 Å². The van der Waals surface area contributed by atoms with Crippen LogP contribution in [-0.2, 0) is 11.3 Å². The Bertz CT molecular complexity index is 1130. The highest BCUT2D eigenvalue weighted by Gasteiger charge is 2.32. The molecule has 0 radical (unpaired) electrons. The summed E-state index contributed by atoms with van der Waals surface area (Å²) < 4.78 is 0. The predicted molar refractivity (Wildman–Crippen MR) is 125 cm³/mol. The molecule has 0 fully saturated rings. The molecule has 4 rings (SSSR count). The number of nitrogens with zero attached hydrogens (tertiary/aromatic N) is 4. The summed E-state index contributed by atoms with van der Waals surface area (Å²) in [4.78, 5) is 19.2. The number of aliphatic imine (C=N–C) groups is 1. The van der Waals surface area contributed by atoms with E-state index in [1.807, 2.05) is 40.6 Å². The lowest BCUT2D eigenvalue weighted by atomic mass is 9.97. The number of amides is 1. The SMILES string of the molecule is NN=NC(=O)CC1c2ccccc2N=C(Nc2cc(Cl)cc(Cl)c2)N1Cc1ccsc1. The van der Waals surface area contributed by atoms with Crippen molar-refractivity contribution in [1.82, 2.24) is 4.90 Å². The van der Waals surface area contributed by atoms with E-state index in [4.69, 9.17) is 34.0 Å². The van der Waals surface area contributed by atoms with Gasteiger partial charge in [0.15, 0.2) is 0 Å². The van der Waals surface area contributed by atoms with Crippen molar-refractivity contribution in [3.8, 4) is 0 Å². The van der Waals surface area contributed by atoms with Gasteiger partial charge in [-0.05, 0) is 46.7 Å². The van der Waals surface area contributed by atoms with Gasteiger partial charge in [0.2, 0.25) is 5.96 Å². The molecule has 0 saturated heterocycles. The molecule has 158 valence electrons. The summed E-state index contributed by atoms with van der Waals surface area (Å²) in [5.41, 5.74) is 3.48. The molecule has 1 aliphatic heterocycles. The number of hydrogen-bond acceptors (Lipinski definition) is 6. The standard InChI is InChI=1S/C21H18Cl2N6OS/c22-14-7-15(23)9-16(8-14)25-21-26-18-4-2-1-3-17(18)19(10-20(30)27-28-24)29(21)11-13-5-6-31-12-13/h1-9,12,19H,10-11H2,(H,25,26)(H2,24,27,30).